The molecule has 0 heterocycles. The minimum atomic E-state index is -1.25. The molecule has 10 heteroatoms. The number of esters is 4. The molecule has 0 spiro atoms. The maximum Gasteiger partial charge on any atom is 0.303 e. The van der Waals surface area contributed by atoms with Gasteiger partial charge >= 0.3 is 23.9 Å². The molecule has 0 saturated heterocycles. The fourth-order valence-corrected chi connectivity index (χ4v) is 2.10. The minimum absolute atomic E-state index is 0.390. The van der Waals surface area contributed by atoms with Crippen molar-refractivity contribution in [3.8, 4) is 0 Å². The Balaban J connectivity index is 5.51. The smallest absolute Gasteiger partial charge is 0.303 e. The summed E-state index contributed by atoms with van der Waals surface area (Å²) < 4.78 is 19.1. The van der Waals surface area contributed by atoms with Crippen LogP contribution in [0.25, 0.3) is 0 Å². The van der Waals surface area contributed by atoms with Gasteiger partial charge in [-0.05, 0) is 0 Å². The van der Waals surface area contributed by atoms with E-state index in [1.165, 1.54) is 0 Å². The predicted octanol–water partition coefficient (Wildman–Crippen LogP) is 0.530. The quantitative estimate of drug-likeness (QED) is 0.277. The van der Waals surface area contributed by atoms with Crippen molar-refractivity contribution < 1.29 is 38.1 Å². The first kappa shape index (κ1) is 21.6. The first-order chi connectivity index (χ1) is 10.5. The van der Waals surface area contributed by atoms with E-state index in [0.717, 1.165) is 27.7 Å². The van der Waals surface area contributed by atoms with Gasteiger partial charge in [-0.15, -0.1) is 0 Å². The molecule has 8 nitrogen and oxygen atoms in total. The van der Waals surface area contributed by atoms with Gasteiger partial charge in [0.05, 0.1) is 4.58 Å². The Morgan fingerprint density at radius 1 is 0.739 bits per heavy atom. The van der Waals surface area contributed by atoms with Gasteiger partial charge in [0.2, 0.25) is 0 Å². The number of ether oxygens (including phenoxy) is 4. The van der Waals surface area contributed by atoms with Gasteiger partial charge in [-0.3, -0.25) is 19.2 Å². The summed E-state index contributed by atoms with van der Waals surface area (Å²) in [4.78, 5) is 44.8. The lowest BCUT2D eigenvalue weighted by molar-refractivity contribution is -0.187. The molecule has 23 heavy (non-hydrogen) atoms. The molecular weight excluding hydrogens is 348 g/mol. The lowest BCUT2D eigenvalue weighted by Crippen LogP contribution is -2.49. The zero-order valence-corrected chi connectivity index (χ0v) is 15.0. The zero-order valence-electron chi connectivity index (χ0n) is 13.2. The highest BCUT2D eigenvalue weighted by Crippen LogP contribution is 2.22. The topological polar surface area (TPSA) is 105 Å². The Hall–Kier alpha value is -1.42. The molecule has 0 rings (SSSR count). The number of hydrogen-bond acceptors (Lipinski definition) is 10. The van der Waals surface area contributed by atoms with Crippen molar-refractivity contribution in [1.82, 2.24) is 0 Å². The van der Waals surface area contributed by atoms with Crippen molar-refractivity contribution >= 4 is 49.1 Å². The third kappa shape index (κ3) is 9.34. The molecule has 0 aliphatic heterocycles. The minimum Gasteiger partial charge on any atom is -0.462 e. The predicted molar refractivity (Wildman–Crippen MR) is 85.1 cm³/mol. The van der Waals surface area contributed by atoms with Crippen molar-refractivity contribution in [2.45, 2.75) is 50.6 Å². The van der Waals surface area contributed by atoms with Crippen LogP contribution in [0.1, 0.15) is 27.7 Å². The summed E-state index contributed by atoms with van der Waals surface area (Å²) in [6, 6.07) is 0. The molecule has 0 aliphatic carbocycles. The molecule has 3 atom stereocenters. The molecule has 132 valence electrons. The third-order valence-electron chi connectivity index (χ3n) is 2.36. The van der Waals surface area contributed by atoms with Gasteiger partial charge in [-0.25, -0.2) is 0 Å². The fourth-order valence-electron chi connectivity index (χ4n) is 1.64. The summed E-state index contributed by atoms with van der Waals surface area (Å²) in [6.45, 7) is 4.18. The SMILES string of the molecule is CC(=O)OC[C@H](OC(C)=O)[C@H](OC(C)=O)[C@H](OC(C)=O)C(S)S. The Bertz CT molecular complexity index is 451. The second-order valence-electron chi connectivity index (χ2n) is 4.51. The van der Waals surface area contributed by atoms with Crippen LogP contribution in [0.15, 0.2) is 0 Å². The molecule has 0 aromatic carbocycles. The molecule has 0 N–H and O–H groups in total. The van der Waals surface area contributed by atoms with Crippen molar-refractivity contribution in [2.24, 2.45) is 0 Å². The monoisotopic (exact) mass is 368 g/mol. The van der Waals surface area contributed by atoms with E-state index in [1.54, 1.807) is 0 Å². The van der Waals surface area contributed by atoms with Gasteiger partial charge < -0.3 is 18.9 Å². The molecule has 0 aromatic rings. The van der Waals surface area contributed by atoms with E-state index in [0.29, 0.717) is 0 Å². The Labute approximate surface area is 145 Å². The molecule has 0 aromatic heterocycles. The number of carbonyl (C=O) groups excluding carboxylic acids is 4. The number of hydrogen-bond donors (Lipinski definition) is 2. The molecule has 0 saturated carbocycles. The van der Waals surface area contributed by atoms with Crippen LogP contribution in [-0.4, -0.2) is 53.4 Å². The maximum atomic E-state index is 11.3. The van der Waals surface area contributed by atoms with Gasteiger partial charge in [0.25, 0.3) is 0 Å². The maximum absolute atomic E-state index is 11.3. The van der Waals surface area contributed by atoms with Crippen molar-refractivity contribution in [3.05, 3.63) is 0 Å². The summed E-state index contributed by atoms with van der Waals surface area (Å²) in [5.41, 5.74) is 0. The highest BCUT2D eigenvalue weighted by molar-refractivity contribution is 7.99. The van der Waals surface area contributed by atoms with Crippen LogP contribution < -0.4 is 0 Å². The first-order valence-corrected chi connectivity index (χ1v) is 7.59. The molecular formula is C13H20O8S2. The zero-order chi connectivity index (χ0) is 18.2. The molecule has 0 unspecified atom stereocenters. The standard InChI is InChI=1S/C13H20O8S2/c1-6(14)18-5-10(19-7(2)15)11(20-8(3)16)12(13(22)23)21-9(4)17/h10-13,22-23H,5H2,1-4H3/t10-,11-,12-/m0/s1. The van der Waals surface area contributed by atoms with Crippen LogP contribution in [0.5, 0.6) is 0 Å². The van der Waals surface area contributed by atoms with Crippen molar-refractivity contribution in [3.63, 3.8) is 0 Å². The van der Waals surface area contributed by atoms with Crippen LogP contribution in [0, 0.1) is 0 Å². The van der Waals surface area contributed by atoms with E-state index in [9.17, 15) is 19.2 Å². The van der Waals surface area contributed by atoms with Gasteiger partial charge in [-0.2, -0.15) is 25.3 Å². The summed E-state index contributed by atoms with van der Waals surface area (Å²) in [6.07, 6.45) is -3.57. The van der Waals surface area contributed by atoms with Gasteiger partial charge in [0.1, 0.15) is 6.61 Å². The second kappa shape index (κ2) is 10.4. The average molecular weight is 368 g/mol. The Morgan fingerprint density at radius 3 is 1.52 bits per heavy atom. The second-order valence-corrected chi connectivity index (χ2v) is 6.03. The van der Waals surface area contributed by atoms with E-state index in [4.69, 9.17) is 18.9 Å². The number of rotatable bonds is 8. The lowest BCUT2D eigenvalue weighted by Gasteiger charge is -2.32. The molecule has 0 bridgehead atoms. The molecule has 0 aliphatic rings. The van der Waals surface area contributed by atoms with Crippen LogP contribution in [0.4, 0.5) is 0 Å². The first-order valence-electron chi connectivity index (χ1n) is 6.55. The van der Waals surface area contributed by atoms with Crippen molar-refractivity contribution in [1.29, 1.82) is 0 Å². The fraction of sp³-hybridized carbons (Fsp3) is 0.692. The van der Waals surface area contributed by atoms with Crippen molar-refractivity contribution in [2.75, 3.05) is 6.61 Å². The Morgan fingerprint density at radius 2 is 1.17 bits per heavy atom. The summed E-state index contributed by atoms with van der Waals surface area (Å²) in [5.74, 6) is -2.71. The third-order valence-corrected chi connectivity index (χ3v) is 2.94. The number of carbonyl (C=O) groups is 4. The van der Waals surface area contributed by atoms with E-state index >= 15 is 0 Å². The van der Waals surface area contributed by atoms with Crippen LogP contribution in [-0.2, 0) is 38.1 Å². The van der Waals surface area contributed by atoms with E-state index in [-0.39, 0.29) is 6.61 Å². The highest BCUT2D eigenvalue weighted by Gasteiger charge is 2.40. The molecule has 0 amide bonds. The Kier molecular flexibility index (Phi) is 9.73. The summed E-state index contributed by atoms with van der Waals surface area (Å²) >= 11 is 8.14. The number of thiol groups is 2. The largest absolute Gasteiger partial charge is 0.462 e. The van der Waals surface area contributed by atoms with Gasteiger partial charge in [0.15, 0.2) is 18.3 Å². The summed E-state index contributed by atoms with van der Waals surface area (Å²) in [5, 5.41) is 0. The lowest BCUT2D eigenvalue weighted by atomic mass is 10.1. The van der Waals surface area contributed by atoms with Gasteiger partial charge in [-0.1, -0.05) is 0 Å². The normalized spacial score (nSPS) is 14.4. The van der Waals surface area contributed by atoms with Crippen LogP contribution in [0.2, 0.25) is 0 Å². The van der Waals surface area contributed by atoms with Gasteiger partial charge in [0, 0.05) is 27.7 Å². The molecule has 0 fully saturated rings. The molecule has 0 radical (unpaired) electrons. The van der Waals surface area contributed by atoms with Crippen LogP contribution >= 0.6 is 25.3 Å². The van der Waals surface area contributed by atoms with E-state index in [2.05, 4.69) is 25.3 Å². The highest BCUT2D eigenvalue weighted by atomic mass is 32.2. The van der Waals surface area contributed by atoms with E-state index < -0.39 is 46.8 Å². The summed E-state index contributed by atoms with van der Waals surface area (Å²) in [7, 11) is 0. The average Bonchev–Trinajstić information content (AvgIpc) is 2.37. The van der Waals surface area contributed by atoms with Crippen LogP contribution in [0.3, 0.4) is 0 Å². The van der Waals surface area contributed by atoms with E-state index in [1.807, 2.05) is 0 Å².